The Hall–Kier alpha value is -3.45. The molecule has 3 aromatic rings. The van der Waals surface area contributed by atoms with Crippen LogP contribution >= 0.6 is 0 Å². The number of carbonyl (C=O) groups excluding carboxylic acids is 1. The number of amides is 1. The zero-order valence-electron chi connectivity index (χ0n) is 17.9. The summed E-state index contributed by atoms with van der Waals surface area (Å²) < 4.78 is 10.6. The molecule has 0 aliphatic heterocycles. The number of aliphatic carboxylic acids is 1. The van der Waals surface area contributed by atoms with Gasteiger partial charge in [0, 0.05) is 31.1 Å². The van der Waals surface area contributed by atoms with Gasteiger partial charge in [0.1, 0.15) is 12.4 Å². The first-order valence-electron chi connectivity index (χ1n) is 10.0. The fraction of sp³-hybridized carbons (Fsp3) is 0.292. The zero-order chi connectivity index (χ0) is 22.4. The lowest BCUT2D eigenvalue weighted by Crippen LogP contribution is -2.33. The standard InChI is InChI=1S/C24H26N2O5/c1-4-26(22(27)15-30-2)14-18-13-17-7-5-6-8-20(17)25-24(18)19-11-16(12-23(28)29)9-10-21(19)31-3/h5-11,13H,4,12,14-15H2,1-3H3,(H,28,29). The number of benzene rings is 2. The minimum absolute atomic E-state index is 0.00159. The van der Waals surface area contributed by atoms with E-state index in [1.807, 2.05) is 37.3 Å². The second-order valence-corrected chi connectivity index (χ2v) is 7.13. The molecule has 3 rings (SSSR count). The molecule has 2 aromatic carbocycles. The van der Waals surface area contributed by atoms with Gasteiger partial charge in [0.05, 0.1) is 24.7 Å². The molecule has 7 nitrogen and oxygen atoms in total. The Morgan fingerprint density at radius 1 is 1.10 bits per heavy atom. The monoisotopic (exact) mass is 422 g/mol. The van der Waals surface area contributed by atoms with Gasteiger partial charge in [-0.3, -0.25) is 9.59 Å². The van der Waals surface area contributed by atoms with E-state index in [9.17, 15) is 14.7 Å². The predicted octanol–water partition coefficient (Wildman–Crippen LogP) is 3.53. The van der Waals surface area contributed by atoms with Gasteiger partial charge in [-0.05, 0) is 42.3 Å². The van der Waals surface area contributed by atoms with Crippen molar-refractivity contribution in [1.82, 2.24) is 9.88 Å². The maximum absolute atomic E-state index is 12.5. The predicted molar refractivity (Wildman–Crippen MR) is 118 cm³/mol. The van der Waals surface area contributed by atoms with Gasteiger partial charge in [-0.25, -0.2) is 4.98 Å². The number of hydrogen-bond donors (Lipinski definition) is 1. The summed E-state index contributed by atoms with van der Waals surface area (Å²) >= 11 is 0. The number of aromatic nitrogens is 1. The molecule has 31 heavy (non-hydrogen) atoms. The van der Waals surface area contributed by atoms with E-state index in [1.54, 1.807) is 30.2 Å². The lowest BCUT2D eigenvalue weighted by Gasteiger charge is -2.23. The summed E-state index contributed by atoms with van der Waals surface area (Å²) in [5.74, 6) is -0.440. The van der Waals surface area contributed by atoms with E-state index in [0.29, 0.717) is 35.7 Å². The Morgan fingerprint density at radius 3 is 2.55 bits per heavy atom. The van der Waals surface area contributed by atoms with Crippen LogP contribution in [0, 0.1) is 0 Å². The first kappa shape index (κ1) is 22.2. The van der Waals surface area contributed by atoms with Crippen molar-refractivity contribution < 1.29 is 24.2 Å². The Bertz CT molecular complexity index is 1100. The zero-order valence-corrected chi connectivity index (χ0v) is 17.9. The number of pyridine rings is 1. The van der Waals surface area contributed by atoms with E-state index >= 15 is 0 Å². The SMILES string of the molecule is CCN(Cc1cc2ccccc2nc1-c1cc(CC(=O)O)ccc1OC)C(=O)COC. The molecule has 1 amide bonds. The van der Waals surface area contributed by atoms with Gasteiger partial charge in [-0.2, -0.15) is 0 Å². The summed E-state index contributed by atoms with van der Waals surface area (Å²) in [5, 5.41) is 10.2. The van der Waals surface area contributed by atoms with Crippen LogP contribution in [0.4, 0.5) is 0 Å². The molecular weight excluding hydrogens is 396 g/mol. The smallest absolute Gasteiger partial charge is 0.307 e. The Balaban J connectivity index is 2.17. The molecule has 1 N–H and O–H groups in total. The molecule has 7 heteroatoms. The second kappa shape index (κ2) is 10.0. The van der Waals surface area contributed by atoms with Gasteiger partial charge >= 0.3 is 5.97 Å². The Kier molecular flexibility index (Phi) is 7.20. The molecule has 0 aliphatic carbocycles. The van der Waals surface area contributed by atoms with Crippen molar-refractivity contribution in [3.8, 4) is 17.0 Å². The molecule has 0 aliphatic rings. The van der Waals surface area contributed by atoms with Crippen LogP contribution in [-0.4, -0.2) is 54.2 Å². The van der Waals surface area contributed by atoms with Gasteiger partial charge in [-0.1, -0.05) is 24.3 Å². The summed E-state index contributed by atoms with van der Waals surface area (Å²) in [4.78, 5) is 30.3. The number of nitrogens with zero attached hydrogens (tertiary/aromatic N) is 2. The van der Waals surface area contributed by atoms with E-state index in [0.717, 1.165) is 16.5 Å². The lowest BCUT2D eigenvalue weighted by atomic mass is 9.99. The molecule has 1 heterocycles. The van der Waals surface area contributed by atoms with E-state index < -0.39 is 5.97 Å². The molecule has 162 valence electrons. The quantitative estimate of drug-likeness (QED) is 0.567. The first-order valence-corrected chi connectivity index (χ1v) is 10.0. The van der Waals surface area contributed by atoms with Crippen LogP contribution in [0.25, 0.3) is 22.2 Å². The largest absolute Gasteiger partial charge is 0.496 e. The van der Waals surface area contributed by atoms with E-state index in [-0.39, 0.29) is 18.9 Å². The highest BCUT2D eigenvalue weighted by molar-refractivity contribution is 5.85. The molecule has 0 unspecified atom stereocenters. The molecule has 0 atom stereocenters. The molecule has 0 radical (unpaired) electrons. The summed E-state index contributed by atoms with van der Waals surface area (Å²) in [7, 11) is 3.06. The van der Waals surface area contributed by atoms with Crippen LogP contribution in [0.2, 0.25) is 0 Å². The van der Waals surface area contributed by atoms with Gasteiger partial charge in [0.25, 0.3) is 0 Å². The lowest BCUT2D eigenvalue weighted by molar-refractivity contribution is -0.136. The number of fused-ring (bicyclic) bond motifs is 1. The topological polar surface area (TPSA) is 89.0 Å². The minimum Gasteiger partial charge on any atom is -0.496 e. The maximum Gasteiger partial charge on any atom is 0.307 e. The van der Waals surface area contributed by atoms with Crippen molar-refractivity contribution >= 4 is 22.8 Å². The third-order valence-electron chi connectivity index (χ3n) is 5.04. The number of carbonyl (C=O) groups is 2. The highest BCUT2D eigenvalue weighted by atomic mass is 16.5. The van der Waals surface area contributed by atoms with Crippen molar-refractivity contribution in [2.45, 2.75) is 19.9 Å². The van der Waals surface area contributed by atoms with Gasteiger partial charge in [0.2, 0.25) is 5.91 Å². The molecule has 0 saturated heterocycles. The Labute approximate surface area is 181 Å². The van der Waals surface area contributed by atoms with Gasteiger partial charge in [0.15, 0.2) is 0 Å². The molecule has 1 aromatic heterocycles. The van der Waals surface area contributed by atoms with Crippen LogP contribution in [-0.2, 0) is 27.3 Å². The number of likely N-dealkylation sites (N-methyl/N-ethyl adjacent to an activating group) is 1. The number of ether oxygens (including phenoxy) is 2. The molecule has 0 bridgehead atoms. The average molecular weight is 422 g/mol. The number of hydrogen-bond acceptors (Lipinski definition) is 5. The molecule has 0 fully saturated rings. The Morgan fingerprint density at radius 2 is 1.87 bits per heavy atom. The molecule has 0 saturated carbocycles. The van der Waals surface area contributed by atoms with E-state index in [2.05, 4.69) is 0 Å². The number of rotatable bonds is 9. The third-order valence-corrected chi connectivity index (χ3v) is 5.04. The van der Waals surface area contributed by atoms with Crippen molar-refractivity contribution in [1.29, 1.82) is 0 Å². The van der Waals surface area contributed by atoms with Crippen LogP contribution in [0.1, 0.15) is 18.1 Å². The number of methoxy groups -OCH3 is 2. The van der Waals surface area contributed by atoms with E-state index in [1.165, 1.54) is 7.11 Å². The highest BCUT2D eigenvalue weighted by Gasteiger charge is 2.19. The molecular formula is C24H26N2O5. The fourth-order valence-corrected chi connectivity index (χ4v) is 3.53. The summed E-state index contributed by atoms with van der Waals surface area (Å²) in [5.41, 5.74) is 3.64. The average Bonchev–Trinajstić information content (AvgIpc) is 2.76. The van der Waals surface area contributed by atoms with Crippen LogP contribution < -0.4 is 4.74 Å². The maximum atomic E-state index is 12.5. The number of para-hydroxylation sites is 1. The molecule has 0 spiro atoms. The van der Waals surface area contributed by atoms with Gasteiger partial charge < -0.3 is 19.5 Å². The minimum atomic E-state index is -0.912. The number of carboxylic acid groups (broad SMARTS) is 1. The van der Waals surface area contributed by atoms with Crippen LogP contribution in [0.3, 0.4) is 0 Å². The van der Waals surface area contributed by atoms with Crippen molar-refractivity contribution in [2.75, 3.05) is 27.4 Å². The van der Waals surface area contributed by atoms with E-state index in [4.69, 9.17) is 14.5 Å². The van der Waals surface area contributed by atoms with Crippen molar-refractivity contribution in [2.24, 2.45) is 0 Å². The van der Waals surface area contributed by atoms with Crippen LogP contribution in [0.15, 0.2) is 48.5 Å². The van der Waals surface area contributed by atoms with Crippen molar-refractivity contribution in [3.05, 3.63) is 59.7 Å². The second-order valence-electron chi connectivity index (χ2n) is 7.13. The summed E-state index contributed by atoms with van der Waals surface area (Å²) in [6.07, 6.45) is -0.104. The highest BCUT2D eigenvalue weighted by Crippen LogP contribution is 2.34. The van der Waals surface area contributed by atoms with Gasteiger partial charge in [-0.15, -0.1) is 0 Å². The van der Waals surface area contributed by atoms with Crippen LogP contribution in [0.5, 0.6) is 5.75 Å². The normalized spacial score (nSPS) is 10.8. The third kappa shape index (κ3) is 5.19. The number of carboxylic acids is 1. The first-order chi connectivity index (χ1) is 15.0. The van der Waals surface area contributed by atoms with Crippen molar-refractivity contribution in [3.63, 3.8) is 0 Å². The summed E-state index contributed by atoms with van der Waals surface area (Å²) in [6, 6.07) is 15.0. The fourth-order valence-electron chi connectivity index (χ4n) is 3.53. The summed E-state index contributed by atoms with van der Waals surface area (Å²) in [6.45, 7) is 2.78.